The van der Waals surface area contributed by atoms with E-state index >= 15 is 0 Å². The maximum Gasteiger partial charge on any atom is 0.407 e. The number of allylic oxidation sites excluding steroid dienone is 1. The quantitative estimate of drug-likeness (QED) is 0.693. The summed E-state index contributed by atoms with van der Waals surface area (Å²) in [5, 5.41) is 3.08. The Labute approximate surface area is 159 Å². The van der Waals surface area contributed by atoms with Gasteiger partial charge in [0.15, 0.2) is 0 Å². The van der Waals surface area contributed by atoms with E-state index in [0.717, 1.165) is 25.7 Å². The number of fused-ring (bicyclic) bond motifs is 2. The molecule has 2 bridgehead atoms. The Balaban J connectivity index is 1.65. The van der Waals surface area contributed by atoms with Gasteiger partial charge in [0.25, 0.3) is 0 Å². The van der Waals surface area contributed by atoms with Crippen molar-refractivity contribution in [1.82, 2.24) is 5.32 Å². The lowest BCUT2D eigenvalue weighted by molar-refractivity contribution is -0.164. The lowest BCUT2D eigenvalue weighted by atomic mass is 9.56. The summed E-state index contributed by atoms with van der Waals surface area (Å²) in [5.41, 5.74) is 1.35. The minimum Gasteiger partial charge on any atom is -0.449 e. The van der Waals surface area contributed by atoms with Crippen LogP contribution in [-0.2, 0) is 9.47 Å². The molecule has 1 heterocycles. The van der Waals surface area contributed by atoms with Crippen molar-refractivity contribution in [3.63, 3.8) is 0 Å². The van der Waals surface area contributed by atoms with Crippen molar-refractivity contribution in [2.75, 3.05) is 13.2 Å². The van der Waals surface area contributed by atoms with Gasteiger partial charge in [-0.3, -0.25) is 0 Å². The minimum absolute atomic E-state index is 0.0989. The highest BCUT2D eigenvalue weighted by Gasteiger charge is 2.53. The first-order valence-electron chi connectivity index (χ1n) is 10.7. The Morgan fingerprint density at radius 2 is 2.04 bits per heavy atom. The van der Waals surface area contributed by atoms with E-state index in [-0.39, 0.29) is 11.5 Å². The number of rotatable bonds is 5. The van der Waals surface area contributed by atoms with Gasteiger partial charge in [-0.25, -0.2) is 4.79 Å². The first-order chi connectivity index (χ1) is 12.5. The van der Waals surface area contributed by atoms with Crippen LogP contribution in [0.15, 0.2) is 11.6 Å². The predicted molar refractivity (Wildman–Crippen MR) is 104 cm³/mol. The molecule has 1 amide bonds. The highest BCUT2D eigenvalue weighted by molar-refractivity contribution is 5.67. The van der Waals surface area contributed by atoms with E-state index in [0.29, 0.717) is 43.1 Å². The Hall–Kier alpha value is -1.03. The van der Waals surface area contributed by atoms with Gasteiger partial charge in [-0.1, -0.05) is 58.1 Å². The summed E-state index contributed by atoms with van der Waals surface area (Å²) >= 11 is 0. The Kier molecular flexibility index (Phi) is 6.32. The first-order valence-corrected chi connectivity index (χ1v) is 10.7. The summed E-state index contributed by atoms with van der Waals surface area (Å²) in [6.07, 6.45) is 10.6. The van der Waals surface area contributed by atoms with Crippen LogP contribution in [0.5, 0.6) is 0 Å². The van der Waals surface area contributed by atoms with Crippen LogP contribution in [0.2, 0.25) is 0 Å². The number of hydrogen-bond acceptors (Lipinski definition) is 3. The molecule has 2 aliphatic carbocycles. The van der Waals surface area contributed by atoms with Gasteiger partial charge < -0.3 is 14.8 Å². The van der Waals surface area contributed by atoms with Crippen molar-refractivity contribution >= 4 is 6.09 Å². The van der Waals surface area contributed by atoms with E-state index in [1.807, 2.05) is 0 Å². The third-order valence-electron chi connectivity index (χ3n) is 7.33. The summed E-state index contributed by atoms with van der Waals surface area (Å²) in [4.78, 5) is 12.4. The molecule has 1 aliphatic heterocycles. The normalized spacial score (nSPS) is 37.8. The molecule has 4 nitrogen and oxygen atoms in total. The van der Waals surface area contributed by atoms with Crippen LogP contribution in [-0.4, -0.2) is 31.5 Å². The highest BCUT2D eigenvalue weighted by atomic mass is 16.6. The zero-order valence-corrected chi connectivity index (χ0v) is 17.1. The molecule has 148 valence electrons. The van der Waals surface area contributed by atoms with Crippen molar-refractivity contribution in [2.45, 2.75) is 84.8 Å². The summed E-state index contributed by atoms with van der Waals surface area (Å²) in [6, 6.07) is 0.293. The molecule has 0 aromatic rings. The van der Waals surface area contributed by atoms with Crippen molar-refractivity contribution in [3.8, 4) is 0 Å². The molecule has 3 rings (SSSR count). The molecular formula is C22H37NO3. The van der Waals surface area contributed by atoms with E-state index in [1.54, 1.807) is 0 Å². The van der Waals surface area contributed by atoms with Gasteiger partial charge in [-0.05, 0) is 38.0 Å². The number of ether oxygens (including phenoxy) is 2. The van der Waals surface area contributed by atoms with Gasteiger partial charge >= 0.3 is 6.09 Å². The summed E-state index contributed by atoms with van der Waals surface area (Å²) < 4.78 is 12.1. The second-order valence-electron chi connectivity index (χ2n) is 8.94. The Morgan fingerprint density at radius 1 is 1.31 bits per heavy atom. The maximum atomic E-state index is 12.4. The largest absolute Gasteiger partial charge is 0.449 e. The SMILES string of the molecule is CCC[C@@H]1OC[C@]2(COC(=O)NC3CCCCC3)[C@H](C)[C@@H]1C(C)=C[C@@H]2C. The van der Waals surface area contributed by atoms with Crippen LogP contribution in [0.4, 0.5) is 4.79 Å². The lowest BCUT2D eigenvalue weighted by Gasteiger charge is -2.55. The Bertz CT molecular complexity index is 525. The third kappa shape index (κ3) is 3.81. The molecule has 3 aliphatic rings. The second kappa shape index (κ2) is 8.33. The van der Waals surface area contributed by atoms with Crippen LogP contribution in [0, 0.1) is 23.2 Å². The molecule has 1 N–H and O–H groups in total. The fraction of sp³-hybridized carbons (Fsp3) is 0.864. The van der Waals surface area contributed by atoms with E-state index in [9.17, 15) is 4.79 Å². The fourth-order valence-corrected chi connectivity index (χ4v) is 5.59. The molecule has 1 saturated heterocycles. The lowest BCUT2D eigenvalue weighted by Crippen LogP contribution is -2.57. The van der Waals surface area contributed by atoms with Gasteiger partial charge in [-0.2, -0.15) is 0 Å². The number of alkyl carbamates (subject to hydrolysis) is 1. The van der Waals surface area contributed by atoms with E-state index in [4.69, 9.17) is 9.47 Å². The number of hydrogen-bond donors (Lipinski definition) is 1. The molecule has 5 atom stereocenters. The average molecular weight is 364 g/mol. The van der Waals surface area contributed by atoms with Gasteiger partial charge in [0.1, 0.15) is 6.61 Å². The highest BCUT2D eigenvalue weighted by Crippen LogP contribution is 2.53. The predicted octanol–water partition coefficient (Wildman–Crippen LogP) is 5.08. The monoisotopic (exact) mass is 363 g/mol. The van der Waals surface area contributed by atoms with Gasteiger partial charge in [0.05, 0.1) is 12.7 Å². The molecular weight excluding hydrogens is 326 g/mol. The topological polar surface area (TPSA) is 47.6 Å². The third-order valence-corrected chi connectivity index (χ3v) is 7.33. The van der Waals surface area contributed by atoms with E-state index < -0.39 is 0 Å². The van der Waals surface area contributed by atoms with Gasteiger partial charge in [0.2, 0.25) is 0 Å². The smallest absolute Gasteiger partial charge is 0.407 e. The fourth-order valence-electron chi connectivity index (χ4n) is 5.59. The minimum atomic E-state index is -0.246. The van der Waals surface area contributed by atoms with Crippen LogP contribution < -0.4 is 5.32 Å². The van der Waals surface area contributed by atoms with E-state index in [2.05, 4.69) is 39.1 Å². The summed E-state index contributed by atoms with van der Waals surface area (Å²) in [5.74, 6) is 1.28. The number of carbonyl (C=O) groups excluding carboxylic acids is 1. The molecule has 0 aromatic carbocycles. The molecule has 0 aromatic heterocycles. The standard InChI is InChI=1S/C22H37NO3/c1-5-9-19-20-15(2)12-16(3)22(13-25-19,17(20)4)14-26-21(24)23-18-10-7-6-8-11-18/h12,16-20H,5-11,13-14H2,1-4H3,(H,23,24)/t16-,17+,19-,20-,22+/m0/s1. The van der Waals surface area contributed by atoms with Crippen molar-refractivity contribution in [3.05, 3.63) is 11.6 Å². The van der Waals surface area contributed by atoms with Crippen molar-refractivity contribution < 1.29 is 14.3 Å². The molecule has 4 heteroatoms. The zero-order valence-electron chi connectivity index (χ0n) is 17.1. The molecule has 26 heavy (non-hydrogen) atoms. The zero-order chi connectivity index (χ0) is 18.7. The van der Waals surface area contributed by atoms with Crippen molar-refractivity contribution in [2.24, 2.45) is 23.2 Å². The molecule has 2 fully saturated rings. The van der Waals surface area contributed by atoms with Crippen LogP contribution in [0.25, 0.3) is 0 Å². The van der Waals surface area contributed by atoms with Crippen LogP contribution in [0.1, 0.15) is 72.6 Å². The van der Waals surface area contributed by atoms with Gasteiger partial charge in [-0.15, -0.1) is 0 Å². The summed E-state index contributed by atoms with van der Waals surface area (Å²) in [7, 11) is 0. The second-order valence-corrected chi connectivity index (χ2v) is 8.94. The van der Waals surface area contributed by atoms with Crippen LogP contribution in [0.3, 0.4) is 0 Å². The number of carbonyl (C=O) groups is 1. The number of nitrogens with one attached hydrogen (secondary N) is 1. The van der Waals surface area contributed by atoms with Crippen molar-refractivity contribution in [1.29, 1.82) is 0 Å². The first kappa shape index (κ1) is 19.7. The molecule has 0 radical (unpaired) electrons. The molecule has 0 spiro atoms. The van der Waals surface area contributed by atoms with Gasteiger partial charge in [0, 0.05) is 17.4 Å². The maximum absolute atomic E-state index is 12.4. The molecule has 0 unspecified atom stereocenters. The average Bonchev–Trinajstić information content (AvgIpc) is 2.61. The summed E-state index contributed by atoms with van der Waals surface area (Å²) in [6.45, 7) is 10.2. The van der Waals surface area contributed by atoms with Crippen LogP contribution >= 0.6 is 0 Å². The van der Waals surface area contributed by atoms with E-state index in [1.165, 1.54) is 24.8 Å². The Morgan fingerprint density at radius 3 is 2.73 bits per heavy atom. The number of amides is 1. The molecule has 1 saturated carbocycles.